The average molecular weight is 350 g/mol. The molecule has 0 aliphatic carbocycles. The van der Waals surface area contributed by atoms with E-state index in [9.17, 15) is 9.59 Å². The van der Waals surface area contributed by atoms with Crippen molar-refractivity contribution in [3.8, 4) is 11.5 Å². The summed E-state index contributed by atoms with van der Waals surface area (Å²) in [6, 6.07) is 5.27. The lowest BCUT2D eigenvalue weighted by Crippen LogP contribution is -2.14. The molecule has 8 heteroatoms. The van der Waals surface area contributed by atoms with Gasteiger partial charge >= 0.3 is 5.97 Å². The number of hydrogen-bond donors (Lipinski definition) is 1. The van der Waals surface area contributed by atoms with Crippen molar-refractivity contribution in [2.45, 2.75) is 13.3 Å². The zero-order chi connectivity index (χ0) is 17.7. The van der Waals surface area contributed by atoms with Crippen LogP contribution in [0.5, 0.6) is 11.5 Å². The quantitative estimate of drug-likeness (QED) is 0.805. The van der Waals surface area contributed by atoms with Crippen LogP contribution in [0.4, 0.5) is 5.13 Å². The van der Waals surface area contributed by atoms with Gasteiger partial charge in [-0.2, -0.15) is 0 Å². The van der Waals surface area contributed by atoms with Gasteiger partial charge < -0.3 is 19.5 Å². The van der Waals surface area contributed by atoms with Crippen molar-refractivity contribution in [3.05, 3.63) is 34.3 Å². The molecular formula is C16H18N2O5S. The van der Waals surface area contributed by atoms with E-state index in [1.165, 1.54) is 14.2 Å². The van der Waals surface area contributed by atoms with Crippen LogP contribution in [-0.4, -0.2) is 38.2 Å². The molecule has 0 spiro atoms. The lowest BCUT2D eigenvalue weighted by molar-refractivity contribution is -0.115. The standard InChI is InChI=1S/C16H18N2O5S/c1-9-14(15(20)23-4)24-16(17-9)18-13(19)8-10-5-6-11(21-2)12(7-10)22-3/h5-7H,8H2,1-4H3,(H,17,18,19). The van der Waals surface area contributed by atoms with Gasteiger partial charge in [-0.1, -0.05) is 17.4 Å². The van der Waals surface area contributed by atoms with E-state index in [2.05, 4.69) is 15.0 Å². The minimum Gasteiger partial charge on any atom is -0.493 e. The summed E-state index contributed by atoms with van der Waals surface area (Å²) in [5, 5.41) is 3.04. The highest BCUT2D eigenvalue weighted by Crippen LogP contribution is 2.28. The SMILES string of the molecule is COC(=O)c1sc(NC(=O)Cc2ccc(OC)c(OC)c2)nc1C. The van der Waals surface area contributed by atoms with Gasteiger partial charge in [-0.05, 0) is 24.6 Å². The minimum absolute atomic E-state index is 0.145. The second-order valence-corrected chi connectivity index (χ2v) is 5.84. The number of thiazole rings is 1. The molecule has 0 aliphatic rings. The van der Waals surface area contributed by atoms with E-state index in [4.69, 9.17) is 9.47 Å². The molecule has 0 fully saturated rings. The molecule has 0 saturated carbocycles. The fraction of sp³-hybridized carbons (Fsp3) is 0.312. The van der Waals surface area contributed by atoms with Gasteiger partial charge in [0.2, 0.25) is 5.91 Å². The summed E-state index contributed by atoms with van der Waals surface area (Å²) >= 11 is 1.08. The van der Waals surface area contributed by atoms with Gasteiger partial charge in [0.05, 0.1) is 33.4 Å². The number of amides is 1. The largest absolute Gasteiger partial charge is 0.493 e. The molecule has 0 radical (unpaired) electrons. The van der Waals surface area contributed by atoms with Gasteiger partial charge in [0.1, 0.15) is 4.88 Å². The van der Waals surface area contributed by atoms with Crippen LogP contribution in [0.2, 0.25) is 0 Å². The Morgan fingerprint density at radius 2 is 1.88 bits per heavy atom. The molecule has 0 aliphatic heterocycles. The number of methoxy groups -OCH3 is 3. The van der Waals surface area contributed by atoms with Crippen molar-refractivity contribution in [1.82, 2.24) is 4.98 Å². The van der Waals surface area contributed by atoms with Crippen LogP contribution in [0.1, 0.15) is 20.9 Å². The molecule has 1 aromatic heterocycles. The Labute approximate surface area is 143 Å². The van der Waals surface area contributed by atoms with Gasteiger partial charge in [-0.3, -0.25) is 4.79 Å². The molecule has 0 unspecified atom stereocenters. The van der Waals surface area contributed by atoms with E-state index >= 15 is 0 Å². The van der Waals surface area contributed by atoms with E-state index in [0.29, 0.717) is 27.2 Å². The van der Waals surface area contributed by atoms with Crippen LogP contribution in [0, 0.1) is 6.92 Å². The van der Waals surface area contributed by atoms with Gasteiger partial charge in [0, 0.05) is 0 Å². The number of aryl methyl sites for hydroxylation is 1. The summed E-state index contributed by atoms with van der Waals surface area (Å²) < 4.78 is 15.1. The Hall–Kier alpha value is -2.61. The number of nitrogens with one attached hydrogen (secondary N) is 1. The minimum atomic E-state index is -0.467. The predicted molar refractivity (Wildman–Crippen MR) is 90.1 cm³/mol. The lowest BCUT2D eigenvalue weighted by atomic mass is 10.1. The summed E-state index contributed by atoms with van der Waals surface area (Å²) in [7, 11) is 4.39. The van der Waals surface area contributed by atoms with Crippen molar-refractivity contribution < 1.29 is 23.8 Å². The highest BCUT2D eigenvalue weighted by molar-refractivity contribution is 7.17. The highest BCUT2D eigenvalue weighted by atomic mass is 32.1. The monoisotopic (exact) mass is 350 g/mol. The van der Waals surface area contributed by atoms with Crippen molar-refractivity contribution in [2.24, 2.45) is 0 Å². The first kappa shape index (κ1) is 17.7. The van der Waals surface area contributed by atoms with Crippen LogP contribution in [-0.2, 0) is 16.0 Å². The molecule has 1 N–H and O–H groups in total. The topological polar surface area (TPSA) is 86.8 Å². The second-order valence-electron chi connectivity index (χ2n) is 4.84. The van der Waals surface area contributed by atoms with Crippen molar-refractivity contribution >= 4 is 28.3 Å². The van der Waals surface area contributed by atoms with Crippen LogP contribution >= 0.6 is 11.3 Å². The lowest BCUT2D eigenvalue weighted by Gasteiger charge is -2.09. The number of anilines is 1. The van der Waals surface area contributed by atoms with Gasteiger partial charge in [0.15, 0.2) is 16.6 Å². The number of nitrogens with zero attached hydrogens (tertiary/aromatic N) is 1. The summed E-state index contributed by atoms with van der Waals surface area (Å²) in [4.78, 5) is 28.3. The highest BCUT2D eigenvalue weighted by Gasteiger charge is 2.17. The van der Waals surface area contributed by atoms with Crippen LogP contribution in [0.25, 0.3) is 0 Å². The molecule has 1 aromatic carbocycles. The zero-order valence-corrected chi connectivity index (χ0v) is 14.7. The molecule has 1 heterocycles. The third kappa shape index (κ3) is 4.02. The molecular weight excluding hydrogens is 332 g/mol. The number of benzene rings is 1. The third-order valence-corrected chi connectivity index (χ3v) is 4.28. The number of hydrogen-bond acceptors (Lipinski definition) is 7. The molecule has 0 saturated heterocycles. The maximum Gasteiger partial charge on any atom is 0.350 e. The van der Waals surface area contributed by atoms with Gasteiger partial charge in [0.25, 0.3) is 0 Å². The summed E-state index contributed by atoms with van der Waals surface area (Å²) in [5.41, 5.74) is 1.29. The Kier molecular flexibility index (Phi) is 5.75. The normalized spacial score (nSPS) is 10.2. The number of aromatic nitrogens is 1. The molecule has 0 atom stereocenters. The molecule has 1 amide bonds. The first-order valence-electron chi connectivity index (χ1n) is 7.05. The summed E-state index contributed by atoms with van der Waals surface area (Å²) in [6.07, 6.45) is 0.145. The van der Waals surface area contributed by atoms with Gasteiger partial charge in [-0.25, -0.2) is 9.78 Å². The average Bonchev–Trinajstić information content (AvgIpc) is 2.93. The van der Waals surface area contributed by atoms with Crippen molar-refractivity contribution in [1.29, 1.82) is 0 Å². The maximum absolute atomic E-state index is 12.2. The molecule has 24 heavy (non-hydrogen) atoms. The molecule has 2 aromatic rings. The maximum atomic E-state index is 12.2. The van der Waals surface area contributed by atoms with Crippen LogP contribution < -0.4 is 14.8 Å². The number of ether oxygens (including phenoxy) is 3. The fourth-order valence-electron chi connectivity index (χ4n) is 2.07. The summed E-state index contributed by atoms with van der Waals surface area (Å²) in [6.45, 7) is 1.69. The van der Waals surface area contributed by atoms with Crippen molar-refractivity contribution in [3.63, 3.8) is 0 Å². The Balaban J connectivity index is 2.07. The van der Waals surface area contributed by atoms with Gasteiger partial charge in [-0.15, -0.1) is 0 Å². The van der Waals surface area contributed by atoms with E-state index in [-0.39, 0.29) is 12.3 Å². The Bertz CT molecular complexity index is 757. The predicted octanol–water partition coefficient (Wildman–Crippen LogP) is 2.44. The first-order chi connectivity index (χ1) is 11.5. The molecule has 128 valence electrons. The molecule has 2 rings (SSSR count). The van der Waals surface area contributed by atoms with E-state index in [0.717, 1.165) is 16.9 Å². The first-order valence-corrected chi connectivity index (χ1v) is 7.86. The Morgan fingerprint density at radius 1 is 1.17 bits per heavy atom. The number of carbonyl (C=O) groups excluding carboxylic acids is 2. The van der Waals surface area contributed by atoms with E-state index in [1.807, 2.05) is 0 Å². The number of carbonyl (C=O) groups is 2. The third-order valence-electron chi connectivity index (χ3n) is 3.23. The zero-order valence-electron chi connectivity index (χ0n) is 13.8. The smallest absolute Gasteiger partial charge is 0.350 e. The van der Waals surface area contributed by atoms with Crippen LogP contribution in [0.3, 0.4) is 0 Å². The van der Waals surface area contributed by atoms with Crippen LogP contribution in [0.15, 0.2) is 18.2 Å². The molecule has 7 nitrogen and oxygen atoms in total. The Morgan fingerprint density at radius 3 is 2.50 bits per heavy atom. The number of rotatable bonds is 6. The second kappa shape index (κ2) is 7.78. The number of esters is 1. The van der Waals surface area contributed by atoms with Crippen molar-refractivity contribution in [2.75, 3.05) is 26.6 Å². The summed E-state index contributed by atoms with van der Waals surface area (Å²) in [5.74, 6) is 0.443. The van der Waals surface area contributed by atoms with E-state index in [1.54, 1.807) is 32.2 Å². The van der Waals surface area contributed by atoms with E-state index < -0.39 is 5.97 Å². The molecule has 0 bridgehead atoms. The fourth-order valence-corrected chi connectivity index (χ4v) is 2.97.